The molecule has 0 aliphatic carbocycles. The van der Waals surface area contributed by atoms with E-state index in [1.807, 2.05) is 18.4 Å². The number of carbonyl (C=O) groups is 1. The van der Waals surface area contributed by atoms with Gasteiger partial charge in [-0.2, -0.15) is 0 Å². The lowest BCUT2D eigenvalue weighted by molar-refractivity contribution is 0.0684. The number of nitrogens with one attached hydrogen (secondary N) is 1. The lowest BCUT2D eigenvalue weighted by atomic mass is 10.1. The zero-order chi connectivity index (χ0) is 11.8. The highest BCUT2D eigenvalue weighted by Crippen LogP contribution is 2.31. The van der Waals surface area contributed by atoms with Crippen molar-refractivity contribution in [2.75, 3.05) is 13.1 Å². The quantitative estimate of drug-likeness (QED) is 0.827. The summed E-state index contributed by atoms with van der Waals surface area (Å²) in [6.07, 6.45) is 3.45. The molecule has 2 bridgehead atoms. The van der Waals surface area contributed by atoms with Crippen LogP contribution in [0.3, 0.4) is 0 Å². The Hall–Kier alpha value is -0.870. The number of hydrogen-bond donors (Lipinski definition) is 1. The monoisotopic (exact) mass is 250 g/mol. The summed E-state index contributed by atoms with van der Waals surface area (Å²) in [5, 5.41) is 5.45. The first-order valence-electron chi connectivity index (χ1n) is 6.35. The van der Waals surface area contributed by atoms with E-state index in [4.69, 9.17) is 0 Å². The van der Waals surface area contributed by atoms with Crippen molar-refractivity contribution in [1.29, 1.82) is 0 Å². The molecule has 3 heterocycles. The third-order valence-corrected chi connectivity index (χ3v) is 4.95. The van der Waals surface area contributed by atoms with E-state index < -0.39 is 0 Å². The number of fused-ring (bicyclic) bond motifs is 2. The van der Waals surface area contributed by atoms with Crippen LogP contribution in [0, 0.1) is 6.92 Å². The number of carbonyl (C=O) groups excluding carboxylic acids is 1. The van der Waals surface area contributed by atoms with Crippen LogP contribution in [0.1, 0.15) is 34.5 Å². The van der Waals surface area contributed by atoms with Crippen molar-refractivity contribution in [3.8, 4) is 0 Å². The van der Waals surface area contributed by atoms with E-state index in [2.05, 4.69) is 10.2 Å². The Bertz CT molecular complexity index is 415. The predicted octanol–water partition coefficient (Wildman–Crippen LogP) is 2.02. The molecule has 1 amide bonds. The lowest BCUT2D eigenvalue weighted by Gasteiger charge is -2.27. The van der Waals surface area contributed by atoms with E-state index in [0.717, 1.165) is 36.4 Å². The van der Waals surface area contributed by atoms with Crippen LogP contribution in [-0.4, -0.2) is 36.0 Å². The molecule has 0 spiro atoms. The van der Waals surface area contributed by atoms with Gasteiger partial charge in [0.25, 0.3) is 5.91 Å². The SMILES string of the molecule is Cc1ccsc1C(=O)N1C2CCNCC1CC2. The lowest BCUT2D eigenvalue weighted by Crippen LogP contribution is -2.42. The zero-order valence-electron chi connectivity index (χ0n) is 10.1. The largest absolute Gasteiger partial charge is 0.331 e. The molecular weight excluding hydrogens is 232 g/mol. The Labute approximate surface area is 106 Å². The first-order valence-corrected chi connectivity index (χ1v) is 7.23. The molecule has 0 radical (unpaired) electrons. The predicted molar refractivity (Wildman–Crippen MR) is 69.5 cm³/mol. The molecule has 0 aromatic carbocycles. The Morgan fingerprint density at radius 2 is 2.24 bits per heavy atom. The van der Waals surface area contributed by atoms with Gasteiger partial charge in [0, 0.05) is 18.6 Å². The Kier molecular flexibility index (Phi) is 2.92. The minimum atomic E-state index is 0.258. The molecule has 0 saturated carbocycles. The van der Waals surface area contributed by atoms with Crippen LogP contribution in [0.15, 0.2) is 11.4 Å². The van der Waals surface area contributed by atoms with Crippen molar-refractivity contribution in [3.05, 3.63) is 21.9 Å². The molecule has 2 atom stereocenters. The highest BCUT2D eigenvalue weighted by atomic mass is 32.1. The third kappa shape index (κ3) is 1.89. The second kappa shape index (κ2) is 4.42. The third-order valence-electron chi connectivity index (χ3n) is 3.95. The normalized spacial score (nSPS) is 28.2. The number of rotatable bonds is 1. The number of hydrogen-bond acceptors (Lipinski definition) is 3. The molecule has 2 aliphatic heterocycles. The van der Waals surface area contributed by atoms with E-state index in [1.165, 1.54) is 6.42 Å². The molecule has 17 heavy (non-hydrogen) atoms. The summed E-state index contributed by atoms with van der Waals surface area (Å²) >= 11 is 1.58. The van der Waals surface area contributed by atoms with Gasteiger partial charge in [0.05, 0.1) is 4.88 Å². The topological polar surface area (TPSA) is 32.3 Å². The van der Waals surface area contributed by atoms with Crippen molar-refractivity contribution >= 4 is 17.2 Å². The maximum absolute atomic E-state index is 12.6. The van der Waals surface area contributed by atoms with Gasteiger partial charge in [-0.3, -0.25) is 4.79 Å². The highest BCUT2D eigenvalue weighted by Gasteiger charge is 2.38. The fourth-order valence-electron chi connectivity index (χ4n) is 3.02. The van der Waals surface area contributed by atoms with Crippen molar-refractivity contribution in [2.45, 2.75) is 38.3 Å². The molecule has 2 fully saturated rings. The van der Waals surface area contributed by atoms with Gasteiger partial charge in [0.1, 0.15) is 0 Å². The fraction of sp³-hybridized carbons (Fsp3) is 0.615. The molecule has 1 aromatic heterocycles. The molecule has 2 aliphatic rings. The first-order chi connectivity index (χ1) is 8.27. The van der Waals surface area contributed by atoms with Gasteiger partial charge in [-0.25, -0.2) is 0 Å². The van der Waals surface area contributed by atoms with Crippen molar-refractivity contribution in [3.63, 3.8) is 0 Å². The van der Waals surface area contributed by atoms with Gasteiger partial charge in [0.15, 0.2) is 0 Å². The molecule has 2 unspecified atom stereocenters. The second-order valence-electron chi connectivity index (χ2n) is 5.02. The van der Waals surface area contributed by atoms with Gasteiger partial charge in [-0.15, -0.1) is 11.3 Å². The molecule has 92 valence electrons. The highest BCUT2D eigenvalue weighted by molar-refractivity contribution is 7.12. The molecule has 1 aromatic rings. The van der Waals surface area contributed by atoms with Gasteiger partial charge in [-0.05, 0) is 49.7 Å². The summed E-state index contributed by atoms with van der Waals surface area (Å²) in [5.74, 6) is 0.258. The van der Waals surface area contributed by atoms with E-state index >= 15 is 0 Å². The van der Waals surface area contributed by atoms with Gasteiger partial charge >= 0.3 is 0 Å². The Balaban J connectivity index is 1.88. The molecule has 3 nitrogen and oxygen atoms in total. The minimum absolute atomic E-state index is 0.258. The number of amides is 1. The maximum atomic E-state index is 12.6. The van der Waals surface area contributed by atoms with E-state index in [-0.39, 0.29) is 5.91 Å². The second-order valence-corrected chi connectivity index (χ2v) is 5.94. The summed E-state index contributed by atoms with van der Waals surface area (Å²) in [6, 6.07) is 2.91. The Morgan fingerprint density at radius 3 is 3.00 bits per heavy atom. The number of aryl methyl sites for hydroxylation is 1. The molecule has 1 N–H and O–H groups in total. The summed E-state index contributed by atoms with van der Waals surface area (Å²) in [5.41, 5.74) is 1.12. The van der Waals surface area contributed by atoms with Crippen molar-refractivity contribution in [1.82, 2.24) is 10.2 Å². The van der Waals surface area contributed by atoms with Crippen LogP contribution in [0.2, 0.25) is 0 Å². The molecule has 2 saturated heterocycles. The summed E-state index contributed by atoms with van der Waals surface area (Å²) in [7, 11) is 0. The van der Waals surface area contributed by atoms with Gasteiger partial charge < -0.3 is 10.2 Å². The summed E-state index contributed by atoms with van der Waals surface area (Å²) < 4.78 is 0. The van der Waals surface area contributed by atoms with E-state index in [9.17, 15) is 4.79 Å². The van der Waals surface area contributed by atoms with Crippen LogP contribution in [0.5, 0.6) is 0 Å². The zero-order valence-corrected chi connectivity index (χ0v) is 10.9. The standard InChI is InChI=1S/C13H18N2OS/c1-9-5-7-17-12(9)13(16)15-10-2-3-11(15)8-14-6-4-10/h5,7,10-11,14H,2-4,6,8H2,1H3. The van der Waals surface area contributed by atoms with Crippen LogP contribution < -0.4 is 5.32 Å². The first kappa shape index (κ1) is 11.2. The van der Waals surface area contributed by atoms with Gasteiger partial charge in [-0.1, -0.05) is 0 Å². The summed E-state index contributed by atoms with van der Waals surface area (Å²) in [6.45, 7) is 4.04. The van der Waals surface area contributed by atoms with Gasteiger partial charge in [0.2, 0.25) is 0 Å². The summed E-state index contributed by atoms with van der Waals surface area (Å²) in [4.78, 5) is 15.7. The van der Waals surface area contributed by atoms with E-state index in [1.54, 1.807) is 11.3 Å². The van der Waals surface area contributed by atoms with Crippen LogP contribution in [-0.2, 0) is 0 Å². The molecular formula is C13H18N2OS. The van der Waals surface area contributed by atoms with Crippen LogP contribution in [0.25, 0.3) is 0 Å². The number of thiophene rings is 1. The molecule has 3 rings (SSSR count). The average molecular weight is 250 g/mol. The Morgan fingerprint density at radius 1 is 1.41 bits per heavy atom. The van der Waals surface area contributed by atoms with Crippen LogP contribution in [0.4, 0.5) is 0 Å². The molecule has 4 heteroatoms. The number of nitrogens with zero attached hydrogens (tertiary/aromatic N) is 1. The van der Waals surface area contributed by atoms with E-state index in [0.29, 0.717) is 12.1 Å². The minimum Gasteiger partial charge on any atom is -0.331 e. The average Bonchev–Trinajstić information content (AvgIpc) is 2.81. The van der Waals surface area contributed by atoms with Crippen LogP contribution >= 0.6 is 11.3 Å². The van der Waals surface area contributed by atoms with Crippen molar-refractivity contribution in [2.24, 2.45) is 0 Å². The maximum Gasteiger partial charge on any atom is 0.264 e. The smallest absolute Gasteiger partial charge is 0.264 e. The fourth-order valence-corrected chi connectivity index (χ4v) is 3.89. The van der Waals surface area contributed by atoms with Crippen molar-refractivity contribution < 1.29 is 4.79 Å².